The summed E-state index contributed by atoms with van der Waals surface area (Å²) in [6.45, 7) is 4.62. The van der Waals surface area contributed by atoms with E-state index >= 15 is 0 Å². The van der Waals surface area contributed by atoms with E-state index in [-0.39, 0.29) is 25.0 Å². The van der Waals surface area contributed by atoms with Crippen molar-refractivity contribution in [1.29, 1.82) is 0 Å². The summed E-state index contributed by atoms with van der Waals surface area (Å²) >= 11 is 0. The standard InChI is InChI=1S/C22H32O8/c1-14-12-17(10-11-23)21(27)22(28-4)19(30-16(3)24)13-20(26)29-15(2)8-6-5-7-9-18(14)25/h5-7,9,11,14-15,17,19,21-22,27H,8,10,12-13H2,1-4H3/b6-5-,9-7-/t14-,15-,17+,19-,21+,22+/m1/s1. The number of hydrogen-bond acceptors (Lipinski definition) is 8. The van der Waals surface area contributed by atoms with Crippen LogP contribution in [0.15, 0.2) is 24.3 Å². The quantitative estimate of drug-likeness (QED) is 0.538. The molecule has 168 valence electrons. The van der Waals surface area contributed by atoms with E-state index in [9.17, 15) is 24.3 Å². The second kappa shape index (κ2) is 13.1. The molecule has 8 nitrogen and oxygen atoms in total. The Bertz CT molecular complexity index is 654. The average Bonchev–Trinajstić information content (AvgIpc) is 2.66. The lowest BCUT2D eigenvalue weighted by Crippen LogP contribution is -2.46. The van der Waals surface area contributed by atoms with Crippen LogP contribution in [0.3, 0.4) is 0 Å². The Balaban J connectivity index is 3.26. The second-order valence-electron chi connectivity index (χ2n) is 7.57. The van der Waals surface area contributed by atoms with Crippen molar-refractivity contribution in [3.8, 4) is 0 Å². The van der Waals surface area contributed by atoms with Gasteiger partial charge in [-0.3, -0.25) is 14.4 Å². The number of aliphatic hydroxyl groups excluding tert-OH is 1. The van der Waals surface area contributed by atoms with Crippen molar-refractivity contribution in [3.05, 3.63) is 24.3 Å². The van der Waals surface area contributed by atoms with Crippen LogP contribution < -0.4 is 0 Å². The third-order valence-corrected chi connectivity index (χ3v) is 4.99. The van der Waals surface area contributed by atoms with E-state index in [0.29, 0.717) is 12.7 Å². The number of ketones is 1. The maximum atomic E-state index is 12.4. The van der Waals surface area contributed by atoms with E-state index in [0.717, 1.165) is 0 Å². The summed E-state index contributed by atoms with van der Waals surface area (Å²) < 4.78 is 16.0. The molecule has 30 heavy (non-hydrogen) atoms. The Labute approximate surface area is 177 Å². The minimum Gasteiger partial charge on any atom is -0.462 e. The van der Waals surface area contributed by atoms with E-state index in [1.807, 2.05) is 0 Å². The third-order valence-electron chi connectivity index (χ3n) is 4.99. The molecule has 0 radical (unpaired) electrons. The van der Waals surface area contributed by atoms with Crippen molar-refractivity contribution < 1.29 is 38.5 Å². The maximum Gasteiger partial charge on any atom is 0.309 e. The highest BCUT2D eigenvalue weighted by Crippen LogP contribution is 2.26. The number of ether oxygens (including phenoxy) is 3. The van der Waals surface area contributed by atoms with Gasteiger partial charge in [0.2, 0.25) is 0 Å². The Morgan fingerprint density at radius 3 is 2.60 bits per heavy atom. The molecule has 0 aromatic heterocycles. The molecule has 1 heterocycles. The molecule has 0 unspecified atom stereocenters. The van der Waals surface area contributed by atoms with Gasteiger partial charge in [-0.05, 0) is 25.3 Å². The van der Waals surface area contributed by atoms with Crippen molar-refractivity contribution in [3.63, 3.8) is 0 Å². The molecule has 0 aromatic carbocycles. The lowest BCUT2D eigenvalue weighted by atomic mass is 9.83. The van der Waals surface area contributed by atoms with Gasteiger partial charge in [0.1, 0.15) is 24.6 Å². The van der Waals surface area contributed by atoms with Gasteiger partial charge in [-0.2, -0.15) is 0 Å². The lowest BCUT2D eigenvalue weighted by Gasteiger charge is -2.33. The highest BCUT2D eigenvalue weighted by atomic mass is 16.6. The highest BCUT2D eigenvalue weighted by Gasteiger charge is 2.38. The first-order chi connectivity index (χ1) is 14.2. The number of aldehydes is 1. The van der Waals surface area contributed by atoms with Crippen LogP contribution in [-0.2, 0) is 33.4 Å². The lowest BCUT2D eigenvalue weighted by molar-refractivity contribution is -0.171. The summed E-state index contributed by atoms with van der Waals surface area (Å²) in [5.41, 5.74) is 0. The van der Waals surface area contributed by atoms with Crippen LogP contribution in [0.4, 0.5) is 0 Å². The van der Waals surface area contributed by atoms with Crippen molar-refractivity contribution >= 4 is 24.0 Å². The zero-order valence-corrected chi connectivity index (χ0v) is 18.0. The van der Waals surface area contributed by atoms with Crippen molar-refractivity contribution in [2.75, 3.05) is 7.11 Å². The van der Waals surface area contributed by atoms with Gasteiger partial charge in [-0.1, -0.05) is 25.2 Å². The number of carbonyl (C=O) groups is 4. The number of esters is 2. The Morgan fingerprint density at radius 1 is 1.30 bits per heavy atom. The summed E-state index contributed by atoms with van der Waals surface area (Å²) in [5, 5.41) is 10.9. The molecule has 1 aliphatic rings. The van der Waals surface area contributed by atoms with Crippen LogP contribution in [0, 0.1) is 11.8 Å². The Morgan fingerprint density at radius 2 is 2.00 bits per heavy atom. The number of carbonyl (C=O) groups excluding carboxylic acids is 4. The average molecular weight is 424 g/mol. The second-order valence-corrected chi connectivity index (χ2v) is 7.57. The van der Waals surface area contributed by atoms with Gasteiger partial charge in [-0.15, -0.1) is 0 Å². The zero-order chi connectivity index (χ0) is 22.7. The van der Waals surface area contributed by atoms with Crippen LogP contribution in [-0.4, -0.2) is 60.6 Å². The van der Waals surface area contributed by atoms with Crippen LogP contribution >= 0.6 is 0 Å². The number of rotatable bonds is 4. The topological polar surface area (TPSA) is 116 Å². The fraction of sp³-hybridized carbons (Fsp3) is 0.636. The van der Waals surface area contributed by atoms with Crippen molar-refractivity contribution in [2.24, 2.45) is 11.8 Å². The monoisotopic (exact) mass is 424 g/mol. The summed E-state index contributed by atoms with van der Waals surface area (Å²) in [4.78, 5) is 47.5. The summed E-state index contributed by atoms with van der Waals surface area (Å²) in [6, 6.07) is 0. The first-order valence-electron chi connectivity index (χ1n) is 10.1. The predicted molar refractivity (Wildman–Crippen MR) is 108 cm³/mol. The van der Waals surface area contributed by atoms with Gasteiger partial charge < -0.3 is 24.1 Å². The van der Waals surface area contributed by atoms with Gasteiger partial charge in [0.05, 0.1) is 12.5 Å². The molecule has 8 heteroatoms. The molecule has 0 aromatic rings. The maximum absolute atomic E-state index is 12.4. The van der Waals surface area contributed by atoms with Gasteiger partial charge in [0, 0.05) is 32.8 Å². The molecule has 1 aliphatic heterocycles. The van der Waals surface area contributed by atoms with E-state index < -0.39 is 48.2 Å². The molecule has 0 fully saturated rings. The van der Waals surface area contributed by atoms with Crippen molar-refractivity contribution in [1.82, 2.24) is 0 Å². The summed E-state index contributed by atoms with van der Waals surface area (Å²) in [7, 11) is 1.32. The molecule has 1 N–H and O–H groups in total. The first-order valence-corrected chi connectivity index (χ1v) is 10.1. The molecular weight excluding hydrogens is 392 g/mol. The fourth-order valence-electron chi connectivity index (χ4n) is 3.43. The molecule has 0 saturated heterocycles. The highest BCUT2D eigenvalue weighted by molar-refractivity contribution is 5.91. The molecule has 0 aliphatic carbocycles. The third kappa shape index (κ3) is 8.59. The Kier molecular flexibility index (Phi) is 11.2. The normalized spacial score (nSPS) is 33.9. The molecule has 1 rings (SSSR count). The van der Waals surface area contributed by atoms with Crippen LogP contribution in [0.1, 0.15) is 46.5 Å². The minimum absolute atomic E-state index is 0.0173. The number of methoxy groups -OCH3 is 1. The molecule has 0 amide bonds. The minimum atomic E-state index is -1.25. The molecule has 0 spiro atoms. The van der Waals surface area contributed by atoms with E-state index in [1.165, 1.54) is 20.1 Å². The predicted octanol–water partition coefficient (Wildman–Crippen LogP) is 1.93. The smallest absolute Gasteiger partial charge is 0.309 e. The Hall–Kier alpha value is -2.32. The fourth-order valence-corrected chi connectivity index (χ4v) is 3.43. The van der Waals surface area contributed by atoms with Crippen LogP contribution in [0.2, 0.25) is 0 Å². The largest absolute Gasteiger partial charge is 0.462 e. The molecule has 0 bridgehead atoms. The van der Waals surface area contributed by atoms with E-state index in [2.05, 4.69) is 0 Å². The van der Waals surface area contributed by atoms with Gasteiger partial charge in [0.15, 0.2) is 5.78 Å². The van der Waals surface area contributed by atoms with Gasteiger partial charge in [0.25, 0.3) is 0 Å². The van der Waals surface area contributed by atoms with E-state index in [4.69, 9.17) is 14.2 Å². The van der Waals surface area contributed by atoms with Gasteiger partial charge >= 0.3 is 11.9 Å². The van der Waals surface area contributed by atoms with Gasteiger partial charge in [-0.25, -0.2) is 0 Å². The van der Waals surface area contributed by atoms with E-state index in [1.54, 1.807) is 32.1 Å². The first kappa shape index (κ1) is 25.7. The summed E-state index contributed by atoms with van der Waals surface area (Å²) in [5.74, 6) is -2.46. The number of cyclic esters (lactones) is 1. The SMILES string of the molecule is CO[C@@H]1[C@@H](O)[C@@H](CC=O)C[C@@H](C)C(=O)/C=C\C=C/C[C@@H](C)OC(=O)C[C@H]1OC(C)=O. The van der Waals surface area contributed by atoms with Crippen molar-refractivity contribution in [2.45, 2.75) is 70.9 Å². The number of aliphatic hydroxyl groups is 1. The molecule has 6 atom stereocenters. The van der Waals surface area contributed by atoms with Crippen LogP contribution in [0.25, 0.3) is 0 Å². The van der Waals surface area contributed by atoms with Crippen LogP contribution in [0.5, 0.6) is 0 Å². The molecule has 0 saturated carbocycles. The number of hydrogen-bond donors (Lipinski definition) is 1. The number of allylic oxidation sites excluding steroid dienone is 3. The molecular formula is C22H32O8. The zero-order valence-electron chi connectivity index (χ0n) is 18.0. The summed E-state index contributed by atoms with van der Waals surface area (Å²) in [6.07, 6.45) is 3.64.